The van der Waals surface area contributed by atoms with Crippen LogP contribution in [0.5, 0.6) is 0 Å². The van der Waals surface area contributed by atoms with E-state index in [-0.39, 0.29) is 24.4 Å². The van der Waals surface area contributed by atoms with Crippen molar-refractivity contribution in [3.8, 4) is 0 Å². The molecule has 1 saturated heterocycles. The summed E-state index contributed by atoms with van der Waals surface area (Å²) in [5, 5.41) is 0. The van der Waals surface area contributed by atoms with Gasteiger partial charge in [0.25, 0.3) is 5.91 Å². The van der Waals surface area contributed by atoms with Gasteiger partial charge in [-0.25, -0.2) is 0 Å². The van der Waals surface area contributed by atoms with Crippen LogP contribution in [0.3, 0.4) is 0 Å². The van der Waals surface area contributed by atoms with Crippen molar-refractivity contribution in [1.82, 2.24) is 4.90 Å². The van der Waals surface area contributed by atoms with Crippen molar-refractivity contribution in [2.24, 2.45) is 5.73 Å². The van der Waals surface area contributed by atoms with Gasteiger partial charge >= 0.3 is 0 Å². The van der Waals surface area contributed by atoms with Gasteiger partial charge in [0.1, 0.15) is 0 Å². The fourth-order valence-electron chi connectivity index (χ4n) is 3.49. The van der Waals surface area contributed by atoms with Crippen LogP contribution >= 0.6 is 12.4 Å². The summed E-state index contributed by atoms with van der Waals surface area (Å²) in [7, 11) is 0. The molecule has 2 N–H and O–H groups in total. The summed E-state index contributed by atoms with van der Waals surface area (Å²) >= 11 is 0. The average molecular weight is 309 g/mol. The first-order chi connectivity index (χ1) is 9.74. The van der Waals surface area contributed by atoms with Crippen LogP contribution in [0, 0.1) is 0 Å². The maximum Gasteiger partial charge on any atom is 0.253 e. The maximum atomic E-state index is 12.4. The van der Waals surface area contributed by atoms with E-state index in [1.54, 1.807) is 0 Å². The Bertz CT molecular complexity index is 468. The lowest BCUT2D eigenvalue weighted by Crippen LogP contribution is -2.31. The van der Waals surface area contributed by atoms with Crippen molar-refractivity contribution >= 4 is 18.3 Å². The first-order valence-corrected chi connectivity index (χ1v) is 7.89. The van der Waals surface area contributed by atoms with Gasteiger partial charge in [-0.15, -0.1) is 12.4 Å². The number of nitrogens with two attached hydrogens (primary N) is 1. The van der Waals surface area contributed by atoms with Crippen molar-refractivity contribution in [2.45, 2.75) is 50.5 Å². The van der Waals surface area contributed by atoms with Gasteiger partial charge in [-0.1, -0.05) is 31.4 Å². The molecule has 0 aromatic heterocycles. The average Bonchev–Trinajstić information content (AvgIpc) is 2.94. The van der Waals surface area contributed by atoms with Crippen molar-refractivity contribution < 1.29 is 4.79 Å². The minimum Gasteiger partial charge on any atom is -0.337 e. The molecule has 1 amide bonds. The molecule has 1 aromatic carbocycles. The fourth-order valence-corrected chi connectivity index (χ4v) is 3.49. The standard InChI is InChI=1S/C17H24N2O.ClH/c18-16-10-11-19(12-16)17(20)15-8-6-14(7-9-15)13-4-2-1-3-5-13;/h6-9,13,16H,1-5,10-12,18H2;1H/t16-;/m1./s1. The zero-order valence-corrected chi connectivity index (χ0v) is 13.3. The third-order valence-corrected chi connectivity index (χ3v) is 4.75. The molecule has 1 atom stereocenters. The largest absolute Gasteiger partial charge is 0.337 e. The van der Waals surface area contributed by atoms with Gasteiger partial charge in [-0.05, 0) is 42.9 Å². The number of hydrogen-bond acceptors (Lipinski definition) is 2. The quantitative estimate of drug-likeness (QED) is 0.911. The van der Waals surface area contributed by atoms with E-state index >= 15 is 0 Å². The molecule has 3 nitrogen and oxygen atoms in total. The van der Waals surface area contributed by atoms with Crippen LogP contribution in [-0.4, -0.2) is 29.9 Å². The van der Waals surface area contributed by atoms with Crippen LogP contribution < -0.4 is 5.73 Å². The highest BCUT2D eigenvalue weighted by molar-refractivity contribution is 5.94. The molecule has 116 valence electrons. The second-order valence-corrected chi connectivity index (χ2v) is 6.26. The first kappa shape index (κ1) is 16.3. The van der Waals surface area contributed by atoms with E-state index in [9.17, 15) is 4.79 Å². The predicted molar refractivity (Wildman–Crippen MR) is 88.0 cm³/mol. The molecule has 0 radical (unpaired) electrons. The first-order valence-electron chi connectivity index (χ1n) is 7.89. The molecule has 1 aliphatic carbocycles. The van der Waals surface area contributed by atoms with Crippen LogP contribution in [0.15, 0.2) is 24.3 Å². The molecule has 0 spiro atoms. The molecule has 1 aromatic rings. The Kier molecular flexibility index (Phi) is 5.65. The van der Waals surface area contributed by atoms with Gasteiger partial charge in [-0.3, -0.25) is 4.79 Å². The van der Waals surface area contributed by atoms with Crippen LogP contribution in [0.4, 0.5) is 0 Å². The van der Waals surface area contributed by atoms with Gasteiger partial charge in [0, 0.05) is 24.7 Å². The molecule has 1 heterocycles. The SMILES string of the molecule is Cl.N[C@@H]1CCN(C(=O)c2ccc(C3CCCCC3)cc2)C1. The monoisotopic (exact) mass is 308 g/mol. The zero-order valence-electron chi connectivity index (χ0n) is 12.5. The lowest BCUT2D eigenvalue weighted by molar-refractivity contribution is 0.0791. The molecule has 2 fully saturated rings. The number of amides is 1. The minimum absolute atomic E-state index is 0. The normalized spacial score (nSPS) is 22.9. The fraction of sp³-hybridized carbons (Fsp3) is 0.588. The van der Waals surface area contributed by atoms with Crippen molar-refractivity contribution in [3.05, 3.63) is 35.4 Å². The smallest absolute Gasteiger partial charge is 0.253 e. The summed E-state index contributed by atoms with van der Waals surface area (Å²) in [6.07, 6.45) is 7.59. The lowest BCUT2D eigenvalue weighted by atomic mass is 9.84. The molecule has 0 bridgehead atoms. The second kappa shape index (κ2) is 7.28. The summed E-state index contributed by atoms with van der Waals surface area (Å²) in [5.41, 5.74) is 8.08. The number of carbonyl (C=O) groups excluding carboxylic acids is 1. The summed E-state index contributed by atoms with van der Waals surface area (Å²) in [4.78, 5) is 14.2. The van der Waals surface area contributed by atoms with E-state index in [0.29, 0.717) is 12.5 Å². The third-order valence-electron chi connectivity index (χ3n) is 4.75. The summed E-state index contributed by atoms with van der Waals surface area (Å²) < 4.78 is 0. The lowest BCUT2D eigenvalue weighted by Gasteiger charge is -2.22. The number of hydrogen-bond donors (Lipinski definition) is 1. The number of halogens is 1. The number of carbonyl (C=O) groups is 1. The highest BCUT2D eigenvalue weighted by Crippen LogP contribution is 2.32. The van der Waals surface area contributed by atoms with Gasteiger partial charge < -0.3 is 10.6 Å². The van der Waals surface area contributed by atoms with E-state index in [1.807, 2.05) is 17.0 Å². The zero-order chi connectivity index (χ0) is 13.9. The molecular formula is C17H25ClN2O. The Morgan fingerprint density at radius 1 is 1.05 bits per heavy atom. The van der Waals surface area contributed by atoms with Crippen LogP contribution in [0.1, 0.15) is 60.4 Å². The van der Waals surface area contributed by atoms with Crippen LogP contribution in [0.25, 0.3) is 0 Å². The van der Waals surface area contributed by atoms with E-state index in [0.717, 1.165) is 18.5 Å². The van der Waals surface area contributed by atoms with Crippen LogP contribution in [0.2, 0.25) is 0 Å². The Labute approximate surface area is 133 Å². The second-order valence-electron chi connectivity index (χ2n) is 6.26. The Hall–Kier alpha value is -1.06. The molecule has 4 heteroatoms. The van der Waals surface area contributed by atoms with Gasteiger partial charge in [0.05, 0.1) is 0 Å². The highest BCUT2D eigenvalue weighted by Gasteiger charge is 2.24. The summed E-state index contributed by atoms with van der Waals surface area (Å²) in [5.74, 6) is 0.834. The van der Waals surface area contributed by atoms with Gasteiger partial charge in [0.2, 0.25) is 0 Å². The number of nitrogens with zero attached hydrogens (tertiary/aromatic N) is 1. The number of benzene rings is 1. The van der Waals surface area contributed by atoms with Gasteiger partial charge in [-0.2, -0.15) is 0 Å². The number of likely N-dealkylation sites (tertiary alicyclic amines) is 1. The Balaban J connectivity index is 0.00000161. The van der Waals surface area contributed by atoms with Crippen molar-refractivity contribution in [1.29, 1.82) is 0 Å². The topological polar surface area (TPSA) is 46.3 Å². The van der Waals surface area contributed by atoms with Crippen molar-refractivity contribution in [3.63, 3.8) is 0 Å². The van der Waals surface area contributed by atoms with E-state index in [4.69, 9.17) is 5.73 Å². The molecule has 21 heavy (non-hydrogen) atoms. The van der Waals surface area contributed by atoms with E-state index < -0.39 is 0 Å². The highest BCUT2D eigenvalue weighted by atomic mass is 35.5. The summed E-state index contributed by atoms with van der Waals surface area (Å²) in [6, 6.07) is 8.45. The molecular weight excluding hydrogens is 284 g/mol. The summed E-state index contributed by atoms with van der Waals surface area (Å²) in [6.45, 7) is 1.49. The van der Waals surface area contributed by atoms with Crippen LogP contribution in [-0.2, 0) is 0 Å². The van der Waals surface area contributed by atoms with Crippen molar-refractivity contribution in [2.75, 3.05) is 13.1 Å². The van der Waals surface area contributed by atoms with E-state index in [1.165, 1.54) is 37.7 Å². The molecule has 1 aliphatic heterocycles. The van der Waals surface area contributed by atoms with Gasteiger partial charge in [0.15, 0.2) is 0 Å². The Morgan fingerprint density at radius 3 is 2.29 bits per heavy atom. The maximum absolute atomic E-state index is 12.4. The molecule has 0 unspecified atom stereocenters. The number of rotatable bonds is 2. The Morgan fingerprint density at radius 2 is 1.71 bits per heavy atom. The molecule has 1 saturated carbocycles. The third kappa shape index (κ3) is 3.78. The molecule has 3 rings (SSSR count). The predicted octanol–water partition coefficient (Wildman–Crippen LogP) is 3.33. The minimum atomic E-state index is 0. The van der Waals surface area contributed by atoms with E-state index in [2.05, 4.69) is 12.1 Å². The molecule has 2 aliphatic rings.